The number of nitrogens with one attached hydrogen (secondary N) is 3. The maximum Gasteiger partial charge on any atom is 0.283 e. The van der Waals surface area contributed by atoms with E-state index in [9.17, 15) is 9.18 Å². The van der Waals surface area contributed by atoms with Crippen molar-refractivity contribution in [3.8, 4) is 11.3 Å². The number of pyridine rings is 1. The number of carbonyl (C=O) groups excluding carboxylic acids is 1. The molecule has 214 valence electrons. The van der Waals surface area contributed by atoms with Crippen LogP contribution in [0.4, 0.5) is 22.0 Å². The summed E-state index contributed by atoms with van der Waals surface area (Å²) in [5.41, 5.74) is 5.00. The third-order valence-corrected chi connectivity index (χ3v) is 7.26. The van der Waals surface area contributed by atoms with Crippen LogP contribution < -0.4 is 16.0 Å². The molecule has 3 N–H and O–H groups in total. The Hall–Kier alpha value is -4.90. The van der Waals surface area contributed by atoms with Crippen LogP contribution in [0.2, 0.25) is 0 Å². The fraction of sp³-hybridized carbons (Fsp3) is 0.258. The van der Waals surface area contributed by atoms with Gasteiger partial charge in [0, 0.05) is 41.5 Å². The van der Waals surface area contributed by atoms with Crippen molar-refractivity contribution in [2.45, 2.75) is 38.8 Å². The first kappa shape index (κ1) is 27.3. The second kappa shape index (κ2) is 11.5. The second-order valence-electron chi connectivity index (χ2n) is 10.5. The summed E-state index contributed by atoms with van der Waals surface area (Å²) < 4.78 is 20.5. The van der Waals surface area contributed by atoms with Crippen LogP contribution in [0.25, 0.3) is 27.7 Å². The van der Waals surface area contributed by atoms with Gasteiger partial charge >= 0.3 is 0 Å². The van der Waals surface area contributed by atoms with Crippen molar-refractivity contribution in [1.82, 2.24) is 24.6 Å². The van der Waals surface area contributed by atoms with Crippen molar-refractivity contribution >= 4 is 39.9 Å². The summed E-state index contributed by atoms with van der Waals surface area (Å²) in [6.45, 7) is 9.08. The number of ether oxygens (including phenoxy) is 1. The molecule has 2 aromatic carbocycles. The molecule has 4 heterocycles. The van der Waals surface area contributed by atoms with E-state index < -0.39 is 11.7 Å². The SMILES string of the molecule is C=C(F)C(=O)Nc1ccc2c(-c3ccccc3CNc3nc(NC4CCOC4)nc4c(C(C)C)cnn34)nccc2c1. The van der Waals surface area contributed by atoms with Crippen LogP contribution in [0.1, 0.15) is 37.3 Å². The van der Waals surface area contributed by atoms with Crippen molar-refractivity contribution in [3.05, 3.63) is 84.5 Å². The van der Waals surface area contributed by atoms with Gasteiger partial charge in [0.1, 0.15) is 0 Å². The summed E-state index contributed by atoms with van der Waals surface area (Å²) in [5, 5.41) is 15.8. The standard InChI is InChI=1S/C31H31FN8O2/c1-18(2)26-16-35-40-28(26)38-30(37-23-11-13-42-17-23)39-31(40)34-15-21-6-4-5-7-24(21)27-25-9-8-22(36-29(41)19(3)32)14-20(25)10-12-33-27/h4-10,12,14,16,18,23H,3,11,13,15,17H2,1-2H3,(H,36,41)(H2,34,37,38,39). The first-order valence-corrected chi connectivity index (χ1v) is 13.8. The van der Waals surface area contributed by atoms with Crippen molar-refractivity contribution in [2.75, 3.05) is 29.2 Å². The molecule has 1 aliphatic rings. The number of fused-ring (bicyclic) bond motifs is 2. The fourth-order valence-electron chi connectivity index (χ4n) is 5.06. The number of hydrogen-bond acceptors (Lipinski definition) is 8. The van der Waals surface area contributed by atoms with Crippen LogP contribution in [0.15, 0.2) is 73.3 Å². The molecule has 1 aliphatic heterocycles. The van der Waals surface area contributed by atoms with E-state index in [-0.39, 0.29) is 12.0 Å². The number of aromatic nitrogens is 5. The molecule has 6 rings (SSSR count). The normalized spacial score (nSPS) is 14.9. The molecule has 1 saturated heterocycles. The largest absolute Gasteiger partial charge is 0.379 e. The first-order valence-electron chi connectivity index (χ1n) is 13.8. The molecular formula is C31H31FN8O2. The maximum absolute atomic E-state index is 13.2. The zero-order valence-electron chi connectivity index (χ0n) is 23.4. The maximum atomic E-state index is 13.2. The molecule has 1 atom stereocenters. The Balaban J connectivity index is 1.32. The Bertz CT molecular complexity index is 1800. The number of rotatable bonds is 9. The molecule has 0 radical (unpaired) electrons. The summed E-state index contributed by atoms with van der Waals surface area (Å²) in [6.07, 6.45) is 4.46. The highest BCUT2D eigenvalue weighted by Crippen LogP contribution is 2.31. The van der Waals surface area contributed by atoms with Gasteiger partial charge in [0.05, 0.1) is 24.5 Å². The molecular weight excluding hydrogens is 535 g/mol. The minimum atomic E-state index is -1.04. The lowest BCUT2D eigenvalue weighted by molar-refractivity contribution is -0.114. The van der Waals surface area contributed by atoms with E-state index in [4.69, 9.17) is 19.7 Å². The Labute approximate surface area is 242 Å². The smallest absolute Gasteiger partial charge is 0.283 e. The molecule has 5 aromatic rings. The summed E-state index contributed by atoms with van der Waals surface area (Å²) >= 11 is 0. The van der Waals surface area contributed by atoms with Crippen molar-refractivity contribution in [3.63, 3.8) is 0 Å². The molecule has 0 spiro atoms. The first-order chi connectivity index (χ1) is 20.4. The van der Waals surface area contributed by atoms with Crippen LogP contribution in [-0.4, -0.2) is 49.7 Å². The predicted molar refractivity (Wildman–Crippen MR) is 161 cm³/mol. The van der Waals surface area contributed by atoms with Crippen LogP contribution >= 0.6 is 0 Å². The summed E-state index contributed by atoms with van der Waals surface area (Å²) in [5.74, 6) is -0.559. The van der Waals surface area contributed by atoms with Gasteiger partial charge in [0.15, 0.2) is 11.5 Å². The molecule has 0 saturated carbocycles. The molecule has 3 aromatic heterocycles. The van der Waals surface area contributed by atoms with Gasteiger partial charge in [-0.1, -0.05) is 50.8 Å². The van der Waals surface area contributed by atoms with Gasteiger partial charge in [-0.15, -0.1) is 0 Å². The zero-order chi connectivity index (χ0) is 29.2. The van der Waals surface area contributed by atoms with Gasteiger partial charge in [-0.05, 0) is 41.5 Å². The van der Waals surface area contributed by atoms with Crippen LogP contribution in [0, 0.1) is 0 Å². The second-order valence-corrected chi connectivity index (χ2v) is 10.5. The molecule has 0 bridgehead atoms. The molecule has 0 aliphatic carbocycles. The lowest BCUT2D eigenvalue weighted by Crippen LogP contribution is -2.22. The van der Waals surface area contributed by atoms with E-state index in [1.807, 2.05) is 42.6 Å². The van der Waals surface area contributed by atoms with Crippen molar-refractivity contribution in [1.29, 1.82) is 0 Å². The number of amides is 1. The number of carbonyl (C=O) groups is 1. The molecule has 1 amide bonds. The lowest BCUT2D eigenvalue weighted by atomic mass is 9.99. The molecule has 10 nitrogen and oxygen atoms in total. The summed E-state index contributed by atoms with van der Waals surface area (Å²) in [6, 6.07) is 15.4. The van der Waals surface area contributed by atoms with Gasteiger partial charge < -0.3 is 20.7 Å². The fourth-order valence-corrected chi connectivity index (χ4v) is 5.06. The Morgan fingerprint density at radius 2 is 2.05 bits per heavy atom. The van der Waals surface area contributed by atoms with E-state index in [1.165, 1.54) is 0 Å². The highest BCUT2D eigenvalue weighted by atomic mass is 19.1. The minimum absolute atomic E-state index is 0.161. The number of hydrogen-bond donors (Lipinski definition) is 3. The zero-order valence-corrected chi connectivity index (χ0v) is 23.4. The number of nitrogens with zero attached hydrogens (tertiary/aromatic N) is 5. The Morgan fingerprint density at radius 3 is 2.83 bits per heavy atom. The van der Waals surface area contributed by atoms with E-state index >= 15 is 0 Å². The van der Waals surface area contributed by atoms with Gasteiger partial charge in [0.25, 0.3) is 5.91 Å². The molecule has 1 unspecified atom stereocenters. The molecule has 11 heteroatoms. The topological polar surface area (TPSA) is 118 Å². The van der Waals surface area contributed by atoms with Crippen LogP contribution in [-0.2, 0) is 16.1 Å². The Kier molecular flexibility index (Phi) is 7.49. The van der Waals surface area contributed by atoms with Crippen molar-refractivity contribution < 1.29 is 13.9 Å². The molecule has 1 fully saturated rings. The van der Waals surface area contributed by atoms with E-state index in [0.717, 1.165) is 51.8 Å². The summed E-state index contributed by atoms with van der Waals surface area (Å²) in [7, 11) is 0. The highest BCUT2D eigenvalue weighted by molar-refractivity contribution is 6.04. The number of benzene rings is 2. The van der Waals surface area contributed by atoms with Gasteiger partial charge in [-0.3, -0.25) is 9.78 Å². The monoisotopic (exact) mass is 566 g/mol. The number of anilines is 3. The van der Waals surface area contributed by atoms with Gasteiger partial charge in [-0.25, -0.2) is 4.39 Å². The van der Waals surface area contributed by atoms with E-state index in [0.29, 0.717) is 30.7 Å². The minimum Gasteiger partial charge on any atom is -0.379 e. The van der Waals surface area contributed by atoms with Crippen molar-refractivity contribution in [2.24, 2.45) is 0 Å². The third-order valence-electron chi connectivity index (χ3n) is 7.26. The van der Waals surface area contributed by atoms with Crippen LogP contribution in [0.3, 0.4) is 0 Å². The summed E-state index contributed by atoms with van der Waals surface area (Å²) in [4.78, 5) is 26.0. The average molecular weight is 567 g/mol. The van der Waals surface area contributed by atoms with Crippen LogP contribution in [0.5, 0.6) is 0 Å². The third kappa shape index (κ3) is 5.51. The number of halogens is 1. The average Bonchev–Trinajstić information content (AvgIpc) is 3.66. The van der Waals surface area contributed by atoms with Gasteiger partial charge in [0.2, 0.25) is 11.9 Å². The lowest BCUT2D eigenvalue weighted by Gasteiger charge is -2.16. The quantitative estimate of drug-likeness (QED) is 0.195. The van der Waals surface area contributed by atoms with Gasteiger partial charge in [-0.2, -0.15) is 19.6 Å². The highest BCUT2D eigenvalue weighted by Gasteiger charge is 2.20. The van der Waals surface area contributed by atoms with E-state index in [2.05, 4.69) is 41.5 Å². The Morgan fingerprint density at radius 1 is 1.19 bits per heavy atom. The predicted octanol–water partition coefficient (Wildman–Crippen LogP) is 5.70. The molecule has 42 heavy (non-hydrogen) atoms. The van der Waals surface area contributed by atoms with E-state index in [1.54, 1.807) is 22.8 Å².